The van der Waals surface area contributed by atoms with Gasteiger partial charge in [-0.05, 0) is 58.8 Å². The number of thiophene rings is 1. The van der Waals surface area contributed by atoms with Crippen LogP contribution in [0.25, 0.3) is 0 Å². The van der Waals surface area contributed by atoms with Gasteiger partial charge >= 0.3 is 0 Å². The van der Waals surface area contributed by atoms with Crippen LogP contribution in [-0.2, 0) is 34.4 Å². The van der Waals surface area contributed by atoms with Crippen LogP contribution >= 0.6 is 11.3 Å². The minimum Gasteiger partial charge on any atom is -0.489 e. The van der Waals surface area contributed by atoms with Gasteiger partial charge in [-0.1, -0.05) is 60.7 Å². The Kier molecular flexibility index (Phi) is 6.68. The van der Waals surface area contributed by atoms with Crippen LogP contribution in [0.1, 0.15) is 16.7 Å². The first-order chi connectivity index (χ1) is 17.0. The number of hydrogen-bond acceptors (Lipinski definition) is 5. The van der Waals surface area contributed by atoms with Gasteiger partial charge in [0.05, 0.1) is 0 Å². The van der Waals surface area contributed by atoms with Crippen LogP contribution in [0.15, 0.2) is 101 Å². The lowest BCUT2D eigenvalue weighted by atomic mass is 9.95. The topological polar surface area (TPSA) is 75.7 Å². The average molecular weight is 505 g/mol. The lowest BCUT2D eigenvalue weighted by Gasteiger charge is -2.34. The molecule has 1 N–H and O–H groups in total. The molecule has 3 aromatic carbocycles. The number of carbonyl (C=O) groups excluding carboxylic acids is 1. The highest BCUT2D eigenvalue weighted by atomic mass is 32.2. The normalized spacial score (nSPS) is 15.8. The summed E-state index contributed by atoms with van der Waals surface area (Å²) >= 11 is 1.15. The number of nitrogens with one attached hydrogen (secondary N) is 1. The average Bonchev–Trinajstić information content (AvgIpc) is 3.44. The molecule has 4 aromatic rings. The SMILES string of the molecule is O=C(Nc1ccc(OCc2ccccc2)cc1)[C@H]1Cc2ccccc2CN1S(=O)(=O)c1cccs1. The minimum atomic E-state index is -3.82. The number of sulfonamides is 1. The number of anilines is 1. The van der Waals surface area contributed by atoms with Crippen molar-refractivity contribution in [3.63, 3.8) is 0 Å². The zero-order chi connectivity index (χ0) is 24.3. The van der Waals surface area contributed by atoms with E-state index in [4.69, 9.17) is 4.74 Å². The van der Waals surface area contributed by atoms with Gasteiger partial charge in [0.25, 0.3) is 10.0 Å². The zero-order valence-electron chi connectivity index (χ0n) is 18.8. The Hall–Kier alpha value is -3.46. The summed E-state index contributed by atoms with van der Waals surface area (Å²) in [4.78, 5) is 13.4. The van der Waals surface area contributed by atoms with Crippen molar-refractivity contribution in [1.29, 1.82) is 0 Å². The molecular formula is C27H24N2O4S2. The quantitative estimate of drug-likeness (QED) is 0.381. The first kappa shape index (κ1) is 23.3. The Morgan fingerprint density at radius 1 is 0.914 bits per heavy atom. The number of benzene rings is 3. The molecule has 35 heavy (non-hydrogen) atoms. The Balaban J connectivity index is 1.33. The fraction of sp³-hybridized carbons (Fsp3) is 0.148. The van der Waals surface area contributed by atoms with Gasteiger partial charge in [-0.3, -0.25) is 4.79 Å². The summed E-state index contributed by atoms with van der Waals surface area (Å²) < 4.78 is 34.2. The van der Waals surface area contributed by atoms with Crippen molar-refractivity contribution >= 4 is 33.0 Å². The van der Waals surface area contributed by atoms with Crippen LogP contribution in [0.2, 0.25) is 0 Å². The Morgan fingerprint density at radius 3 is 2.34 bits per heavy atom. The fourth-order valence-electron chi connectivity index (χ4n) is 4.10. The van der Waals surface area contributed by atoms with E-state index in [0.717, 1.165) is 28.0 Å². The van der Waals surface area contributed by atoms with Gasteiger partial charge in [-0.2, -0.15) is 4.31 Å². The van der Waals surface area contributed by atoms with Gasteiger partial charge in [0.1, 0.15) is 22.6 Å². The molecule has 0 saturated heterocycles. The van der Waals surface area contributed by atoms with Gasteiger partial charge in [0.2, 0.25) is 5.91 Å². The van der Waals surface area contributed by atoms with E-state index in [1.807, 2.05) is 54.6 Å². The van der Waals surface area contributed by atoms with E-state index in [9.17, 15) is 13.2 Å². The summed E-state index contributed by atoms with van der Waals surface area (Å²) in [5.74, 6) is 0.318. The monoisotopic (exact) mass is 504 g/mol. The Labute approximate surface area is 208 Å². The molecule has 1 aliphatic rings. The standard InChI is InChI=1S/C27H24N2O4S2/c30-27(28-23-12-14-24(15-13-23)33-19-20-7-2-1-3-8-20)25-17-21-9-4-5-10-22(21)18-29(25)35(31,32)26-11-6-16-34-26/h1-16,25H,17-19H2,(H,28,30)/t25-/m1/s1. The summed E-state index contributed by atoms with van der Waals surface area (Å²) in [7, 11) is -3.82. The number of ether oxygens (including phenoxy) is 1. The predicted molar refractivity (Wildman–Crippen MR) is 137 cm³/mol. The zero-order valence-corrected chi connectivity index (χ0v) is 20.5. The second-order valence-corrected chi connectivity index (χ2v) is 11.3. The maximum atomic E-state index is 13.4. The number of fused-ring (bicyclic) bond motifs is 1. The van der Waals surface area contributed by atoms with E-state index in [0.29, 0.717) is 24.5 Å². The van der Waals surface area contributed by atoms with Gasteiger partial charge in [0.15, 0.2) is 0 Å². The molecule has 0 aliphatic carbocycles. The molecule has 5 rings (SSSR count). The van der Waals surface area contributed by atoms with E-state index in [1.54, 1.807) is 41.8 Å². The summed E-state index contributed by atoms with van der Waals surface area (Å²) in [5, 5.41) is 4.62. The molecule has 6 nitrogen and oxygen atoms in total. The maximum Gasteiger partial charge on any atom is 0.253 e. The van der Waals surface area contributed by atoms with Crippen molar-refractivity contribution in [1.82, 2.24) is 4.31 Å². The van der Waals surface area contributed by atoms with Crippen LogP contribution in [0, 0.1) is 0 Å². The molecular weight excluding hydrogens is 480 g/mol. The number of carbonyl (C=O) groups is 1. The summed E-state index contributed by atoms with van der Waals surface area (Å²) in [5.41, 5.74) is 3.54. The molecule has 0 spiro atoms. The van der Waals surface area contributed by atoms with Crippen molar-refractivity contribution in [2.75, 3.05) is 5.32 Å². The van der Waals surface area contributed by atoms with Crippen LogP contribution < -0.4 is 10.1 Å². The number of amides is 1. The first-order valence-electron chi connectivity index (χ1n) is 11.2. The van der Waals surface area contributed by atoms with E-state index in [2.05, 4.69) is 5.32 Å². The first-order valence-corrected chi connectivity index (χ1v) is 13.5. The second-order valence-electron chi connectivity index (χ2n) is 8.26. The molecule has 1 atom stereocenters. The third-order valence-electron chi connectivity index (χ3n) is 5.94. The van der Waals surface area contributed by atoms with Crippen LogP contribution in [0.5, 0.6) is 5.75 Å². The van der Waals surface area contributed by atoms with Gasteiger partial charge in [-0.25, -0.2) is 8.42 Å². The summed E-state index contributed by atoms with van der Waals surface area (Å²) in [6.45, 7) is 0.602. The Bertz CT molecular complexity index is 1400. The van der Waals surface area contributed by atoms with Crippen LogP contribution in [0.4, 0.5) is 5.69 Å². The van der Waals surface area contributed by atoms with Gasteiger partial charge in [-0.15, -0.1) is 11.3 Å². The maximum absolute atomic E-state index is 13.4. The van der Waals surface area contributed by atoms with Gasteiger partial charge < -0.3 is 10.1 Å². The molecule has 2 heterocycles. The summed E-state index contributed by atoms with van der Waals surface area (Å²) in [6, 6.07) is 27.0. The minimum absolute atomic E-state index is 0.154. The third kappa shape index (κ3) is 5.14. The molecule has 1 aliphatic heterocycles. The highest BCUT2D eigenvalue weighted by Crippen LogP contribution is 2.31. The highest BCUT2D eigenvalue weighted by Gasteiger charge is 2.40. The molecule has 0 unspecified atom stereocenters. The van der Waals surface area contributed by atoms with Crippen molar-refractivity contribution < 1.29 is 17.9 Å². The van der Waals surface area contributed by atoms with Crippen LogP contribution in [0.3, 0.4) is 0 Å². The third-order valence-corrected chi connectivity index (χ3v) is 9.16. The molecule has 0 radical (unpaired) electrons. The van der Waals surface area contributed by atoms with Crippen LogP contribution in [-0.4, -0.2) is 24.7 Å². The van der Waals surface area contributed by atoms with E-state index < -0.39 is 16.1 Å². The van der Waals surface area contributed by atoms with E-state index >= 15 is 0 Å². The van der Waals surface area contributed by atoms with Crippen molar-refractivity contribution in [2.45, 2.75) is 29.8 Å². The van der Waals surface area contributed by atoms with E-state index in [1.165, 1.54) is 4.31 Å². The highest BCUT2D eigenvalue weighted by molar-refractivity contribution is 7.91. The smallest absolute Gasteiger partial charge is 0.253 e. The number of rotatable bonds is 7. The molecule has 0 fully saturated rings. The predicted octanol–water partition coefficient (Wildman–Crippen LogP) is 5.08. The Morgan fingerprint density at radius 2 is 1.63 bits per heavy atom. The number of hydrogen-bond donors (Lipinski definition) is 1. The molecule has 0 saturated carbocycles. The molecule has 178 valence electrons. The van der Waals surface area contributed by atoms with Crippen molar-refractivity contribution in [3.8, 4) is 5.75 Å². The fourth-order valence-corrected chi connectivity index (χ4v) is 6.79. The lowest BCUT2D eigenvalue weighted by Crippen LogP contribution is -2.50. The van der Waals surface area contributed by atoms with Gasteiger partial charge in [0, 0.05) is 12.2 Å². The van der Waals surface area contributed by atoms with Crippen molar-refractivity contribution in [2.24, 2.45) is 0 Å². The molecule has 8 heteroatoms. The molecule has 0 bridgehead atoms. The second kappa shape index (κ2) is 10.0. The number of nitrogens with zero attached hydrogens (tertiary/aromatic N) is 1. The summed E-state index contributed by atoms with van der Waals surface area (Å²) in [6.07, 6.45) is 0.310. The van der Waals surface area contributed by atoms with Crippen molar-refractivity contribution in [3.05, 3.63) is 113 Å². The lowest BCUT2D eigenvalue weighted by molar-refractivity contribution is -0.120. The largest absolute Gasteiger partial charge is 0.489 e. The molecule has 1 aromatic heterocycles. The molecule has 1 amide bonds. The van der Waals surface area contributed by atoms with E-state index in [-0.39, 0.29) is 16.7 Å².